The summed E-state index contributed by atoms with van der Waals surface area (Å²) >= 11 is 0. The fourth-order valence-electron chi connectivity index (χ4n) is 3.61. The smallest absolute Gasteiger partial charge is 0.191 e. The molecule has 158 valence electrons. The number of hydrogen-bond donors (Lipinski definition) is 2. The zero-order valence-electron chi connectivity index (χ0n) is 16.9. The quantitative estimate of drug-likeness (QED) is 0.322. The van der Waals surface area contributed by atoms with Gasteiger partial charge in [0.2, 0.25) is 0 Å². The molecule has 2 aromatic carbocycles. The van der Waals surface area contributed by atoms with Crippen LogP contribution >= 0.6 is 24.0 Å². The molecule has 2 N–H and O–H groups in total. The molecule has 4 nitrogen and oxygen atoms in total. The van der Waals surface area contributed by atoms with Gasteiger partial charge in [0, 0.05) is 32.2 Å². The Morgan fingerprint density at radius 1 is 1.10 bits per heavy atom. The lowest BCUT2D eigenvalue weighted by Crippen LogP contribution is -2.39. The lowest BCUT2D eigenvalue weighted by atomic mass is 9.89. The molecule has 2 atom stereocenters. The van der Waals surface area contributed by atoms with E-state index in [0.717, 1.165) is 37.5 Å². The van der Waals surface area contributed by atoms with E-state index in [-0.39, 0.29) is 35.9 Å². The summed E-state index contributed by atoms with van der Waals surface area (Å²) in [6.45, 7) is 4.98. The average Bonchev–Trinajstić information content (AvgIpc) is 2.74. The molecule has 6 heteroatoms. The van der Waals surface area contributed by atoms with Gasteiger partial charge in [-0.2, -0.15) is 0 Å². The van der Waals surface area contributed by atoms with Gasteiger partial charge in [0.15, 0.2) is 5.96 Å². The van der Waals surface area contributed by atoms with Crippen molar-refractivity contribution in [1.82, 2.24) is 10.6 Å². The summed E-state index contributed by atoms with van der Waals surface area (Å²) in [5.41, 5.74) is 1.94. The SMILES string of the molecule is CCNC(=NCC1CCCOC1c1ccccc1)NCCc1ccccc1F.I. The van der Waals surface area contributed by atoms with Crippen molar-refractivity contribution in [3.8, 4) is 0 Å². The van der Waals surface area contributed by atoms with Crippen molar-refractivity contribution in [2.45, 2.75) is 32.3 Å². The van der Waals surface area contributed by atoms with Gasteiger partial charge in [-0.15, -0.1) is 24.0 Å². The number of rotatable bonds is 7. The van der Waals surface area contributed by atoms with Crippen LogP contribution in [0.1, 0.15) is 37.0 Å². The fraction of sp³-hybridized carbons (Fsp3) is 0.435. The first-order valence-corrected chi connectivity index (χ1v) is 10.2. The largest absolute Gasteiger partial charge is 0.373 e. The molecule has 0 aliphatic carbocycles. The Bertz CT molecular complexity index is 757. The molecule has 2 aromatic rings. The molecule has 0 radical (unpaired) electrons. The Hall–Kier alpha value is -1.67. The second-order valence-electron chi connectivity index (χ2n) is 7.09. The van der Waals surface area contributed by atoms with Crippen LogP contribution < -0.4 is 10.6 Å². The third-order valence-electron chi connectivity index (χ3n) is 5.05. The molecule has 0 amide bonds. The van der Waals surface area contributed by atoms with Crippen molar-refractivity contribution in [3.63, 3.8) is 0 Å². The normalized spacial score (nSPS) is 19.3. The summed E-state index contributed by atoms with van der Waals surface area (Å²) in [6, 6.07) is 17.3. The lowest BCUT2D eigenvalue weighted by Gasteiger charge is -2.31. The number of hydrogen-bond acceptors (Lipinski definition) is 2. The van der Waals surface area contributed by atoms with Gasteiger partial charge in [-0.3, -0.25) is 4.99 Å². The molecule has 0 saturated carbocycles. The van der Waals surface area contributed by atoms with Crippen LogP contribution in [-0.2, 0) is 11.2 Å². The third-order valence-corrected chi connectivity index (χ3v) is 5.05. The highest BCUT2D eigenvalue weighted by molar-refractivity contribution is 14.0. The molecular formula is C23H31FIN3O. The van der Waals surface area contributed by atoms with Gasteiger partial charge in [0.25, 0.3) is 0 Å². The van der Waals surface area contributed by atoms with Crippen molar-refractivity contribution >= 4 is 29.9 Å². The monoisotopic (exact) mass is 511 g/mol. The molecule has 29 heavy (non-hydrogen) atoms. The topological polar surface area (TPSA) is 45.7 Å². The van der Waals surface area contributed by atoms with Crippen LogP contribution in [0.4, 0.5) is 4.39 Å². The summed E-state index contributed by atoms with van der Waals surface area (Å²) in [7, 11) is 0. The Labute approximate surface area is 190 Å². The molecular weight excluding hydrogens is 480 g/mol. The minimum atomic E-state index is -0.156. The van der Waals surface area contributed by atoms with Gasteiger partial charge in [-0.1, -0.05) is 48.5 Å². The number of benzene rings is 2. The molecule has 1 aliphatic rings. The van der Waals surface area contributed by atoms with Gasteiger partial charge in [-0.25, -0.2) is 4.39 Å². The van der Waals surface area contributed by atoms with E-state index in [2.05, 4.69) is 34.9 Å². The molecule has 0 spiro atoms. The second-order valence-corrected chi connectivity index (χ2v) is 7.09. The molecule has 2 unspecified atom stereocenters. The van der Waals surface area contributed by atoms with Crippen LogP contribution in [0.3, 0.4) is 0 Å². The average molecular weight is 511 g/mol. The van der Waals surface area contributed by atoms with E-state index in [1.165, 1.54) is 11.6 Å². The van der Waals surface area contributed by atoms with Crippen LogP contribution in [0.25, 0.3) is 0 Å². The number of halogens is 2. The maximum Gasteiger partial charge on any atom is 0.191 e. The van der Waals surface area contributed by atoms with Crippen LogP contribution in [-0.4, -0.2) is 32.2 Å². The predicted molar refractivity (Wildman–Crippen MR) is 127 cm³/mol. The van der Waals surface area contributed by atoms with E-state index in [4.69, 9.17) is 9.73 Å². The number of nitrogens with zero attached hydrogens (tertiary/aromatic N) is 1. The zero-order chi connectivity index (χ0) is 19.6. The van der Waals surface area contributed by atoms with E-state index >= 15 is 0 Å². The number of ether oxygens (including phenoxy) is 1. The summed E-state index contributed by atoms with van der Waals surface area (Å²) < 4.78 is 19.8. The molecule has 3 rings (SSSR count). The highest BCUT2D eigenvalue weighted by atomic mass is 127. The highest BCUT2D eigenvalue weighted by Crippen LogP contribution is 2.33. The van der Waals surface area contributed by atoms with Gasteiger partial charge in [0.1, 0.15) is 5.82 Å². The first-order chi connectivity index (χ1) is 13.8. The Morgan fingerprint density at radius 3 is 2.62 bits per heavy atom. The van der Waals surface area contributed by atoms with Crippen molar-refractivity contribution in [2.75, 3.05) is 26.2 Å². The van der Waals surface area contributed by atoms with E-state index in [9.17, 15) is 4.39 Å². The minimum Gasteiger partial charge on any atom is -0.373 e. The maximum atomic E-state index is 13.8. The van der Waals surface area contributed by atoms with Crippen LogP contribution in [0.5, 0.6) is 0 Å². The minimum absolute atomic E-state index is 0. The van der Waals surface area contributed by atoms with Crippen molar-refractivity contribution in [3.05, 3.63) is 71.5 Å². The van der Waals surface area contributed by atoms with Crippen LogP contribution in [0, 0.1) is 11.7 Å². The van der Waals surface area contributed by atoms with Gasteiger partial charge >= 0.3 is 0 Å². The first kappa shape index (κ1) is 23.6. The zero-order valence-corrected chi connectivity index (χ0v) is 19.3. The van der Waals surface area contributed by atoms with Gasteiger partial charge in [0.05, 0.1) is 6.10 Å². The summed E-state index contributed by atoms with van der Waals surface area (Å²) in [5.74, 6) is 0.977. The molecule has 0 bridgehead atoms. The van der Waals surface area contributed by atoms with Crippen molar-refractivity contribution < 1.29 is 9.13 Å². The summed E-state index contributed by atoms with van der Waals surface area (Å²) in [5, 5.41) is 6.60. The number of aliphatic imine (C=N–C) groups is 1. The molecule has 1 aliphatic heterocycles. The summed E-state index contributed by atoms with van der Waals surface area (Å²) in [6.07, 6.45) is 2.90. The molecule has 1 fully saturated rings. The number of guanidine groups is 1. The van der Waals surface area contributed by atoms with Crippen molar-refractivity contribution in [1.29, 1.82) is 0 Å². The van der Waals surface area contributed by atoms with Gasteiger partial charge < -0.3 is 15.4 Å². The van der Waals surface area contributed by atoms with Crippen LogP contribution in [0.2, 0.25) is 0 Å². The Balaban J connectivity index is 0.00000300. The lowest BCUT2D eigenvalue weighted by molar-refractivity contribution is -0.0250. The first-order valence-electron chi connectivity index (χ1n) is 10.2. The third kappa shape index (κ3) is 7.26. The second kappa shape index (κ2) is 12.8. The van der Waals surface area contributed by atoms with E-state index < -0.39 is 0 Å². The highest BCUT2D eigenvalue weighted by Gasteiger charge is 2.27. The van der Waals surface area contributed by atoms with E-state index in [1.54, 1.807) is 6.07 Å². The summed E-state index contributed by atoms with van der Waals surface area (Å²) in [4.78, 5) is 4.79. The Kier molecular flexibility index (Phi) is 10.4. The van der Waals surface area contributed by atoms with Crippen molar-refractivity contribution in [2.24, 2.45) is 10.9 Å². The van der Waals surface area contributed by atoms with E-state index in [1.807, 2.05) is 25.1 Å². The maximum absolute atomic E-state index is 13.8. The molecule has 1 heterocycles. The molecule has 0 aromatic heterocycles. The predicted octanol–water partition coefficient (Wildman–Crippen LogP) is 4.71. The van der Waals surface area contributed by atoms with E-state index in [0.29, 0.717) is 25.4 Å². The van der Waals surface area contributed by atoms with Gasteiger partial charge in [-0.05, 0) is 43.4 Å². The Morgan fingerprint density at radius 2 is 1.86 bits per heavy atom. The standard InChI is InChI=1S/C23H30FN3O.HI/c1-2-25-23(26-15-14-18-9-6-7-13-21(18)24)27-17-20-12-8-16-28-22(20)19-10-4-3-5-11-19;/h3-7,9-11,13,20,22H,2,8,12,14-17H2,1H3,(H2,25,26,27);1H. The van der Waals surface area contributed by atoms with Crippen LogP contribution in [0.15, 0.2) is 59.6 Å². The molecule has 1 saturated heterocycles. The fourth-order valence-corrected chi connectivity index (χ4v) is 3.61. The number of nitrogens with one attached hydrogen (secondary N) is 2.